The lowest BCUT2D eigenvalue weighted by Gasteiger charge is -2.27. The van der Waals surface area contributed by atoms with Crippen LogP contribution in [0.1, 0.15) is 55.5 Å². The predicted octanol–water partition coefficient (Wildman–Crippen LogP) is 5.15. The van der Waals surface area contributed by atoms with Crippen LogP contribution in [-0.2, 0) is 0 Å². The minimum atomic E-state index is -0.167. The van der Waals surface area contributed by atoms with Crippen molar-refractivity contribution in [3.63, 3.8) is 0 Å². The van der Waals surface area contributed by atoms with Crippen LogP contribution in [0.3, 0.4) is 0 Å². The van der Waals surface area contributed by atoms with Gasteiger partial charge in [0.05, 0.1) is 22.9 Å². The Labute approximate surface area is 189 Å². The Morgan fingerprint density at radius 3 is 2.70 bits per heavy atom. The Morgan fingerprint density at radius 1 is 1.23 bits per heavy atom. The molecule has 1 fully saturated rings. The van der Waals surface area contributed by atoms with Gasteiger partial charge in [-0.3, -0.25) is 4.79 Å². The first-order valence-corrected chi connectivity index (χ1v) is 11.3. The van der Waals surface area contributed by atoms with Crippen LogP contribution in [0.25, 0.3) is 0 Å². The van der Waals surface area contributed by atoms with Crippen molar-refractivity contribution in [3.8, 4) is 29.2 Å². The van der Waals surface area contributed by atoms with Gasteiger partial charge in [0.15, 0.2) is 11.5 Å². The van der Waals surface area contributed by atoms with E-state index in [0.717, 1.165) is 25.7 Å². The van der Waals surface area contributed by atoms with Crippen molar-refractivity contribution >= 4 is 34.2 Å². The molecule has 1 aromatic carbocycles. The predicted molar refractivity (Wildman–Crippen MR) is 122 cm³/mol. The lowest BCUT2D eigenvalue weighted by Crippen LogP contribution is -2.38. The number of benzene rings is 1. The van der Waals surface area contributed by atoms with Gasteiger partial charge < -0.3 is 20.1 Å². The van der Waals surface area contributed by atoms with E-state index in [0.29, 0.717) is 38.0 Å². The number of carbonyl (C=O) groups is 1. The molecule has 0 unspecified atom stereocenters. The number of nitrogens with zero attached hydrogens (tertiary/aromatic N) is 2. The van der Waals surface area contributed by atoms with Crippen molar-refractivity contribution in [1.82, 2.24) is 10.3 Å². The van der Waals surface area contributed by atoms with E-state index in [-0.39, 0.29) is 23.9 Å². The number of alkyl halides is 1. The molecule has 2 aliphatic rings. The van der Waals surface area contributed by atoms with Crippen molar-refractivity contribution in [3.05, 3.63) is 35.5 Å². The van der Waals surface area contributed by atoms with Gasteiger partial charge in [-0.1, -0.05) is 22.6 Å². The zero-order valence-electron chi connectivity index (χ0n) is 16.9. The number of halogens is 1. The molecule has 0 saturated heterocycles. The molecule has 4 rings (SSSR count). The summed E-state index contributed by atoms with van der Waals surface area (Å²) in [6.07, 6.45) is 5.72. The standard InChI is InChI=1S/C22H23IN4O3/c1-12(2)26-19-16(21(28)27-15-6-4-14(23)5-7-15)11-25-22-20(19)29-17-8-3-13(10-24)9-18(17)30-22/h3,8-9,11-12,14-15H,4-7H2,1-2H3,(H,25,26)(H,27,28). The van der Waals surface area contributed by atoms with Gasteiger partial charge >= 0.3 is 0 Å². The van der Waals surface area contributed by atoms with Gasteiger partial charge in [-0.2, -0.15) is 5.26 Å². The maximum Gasteiger partial charge on any atom is 0.265 e. The lowest BCUT2D eigenvalue weighted by atomic mass is 9.95. The topological polar surface area (TPSA) is 96.3 Å². The third-order valence-electron chi connectivity index (χ3n) is 5.16. The van der Waals surface area contributed by atoms with Crippen LogP contribution in [0, 0.1) is 11.3 Å². The van der Waals surface area contributed by atoms with Gasteiger partial charge in [0.25, 0.3) is 11.8 Å². The van der Waals surface area contributed by atoms with E-state index < -0.39 is 0 Å². The third-order valence-corrected chi connectivity index (χ3v) is 6.41. The summed E-state index contributed by atoms with van der Waals surface area (Å²) in [4.78, 5) is 17.4. The molecule has 2 N–H and O–H groups in total. The monoisotopic (exact) mass is 518 g/mol. The second-order valence-electron chi connectivity index (χ2n) is 7.88. The summed E-state index contributed by atoms with van der Waals surface area (Å²) >= 11 is 2.48. The molecule has 1 saturated carbocycles. The number of rotatable bonds is 4. The van der Waals surface area contributed by atoms with Crippen LogP contribution in [0.15, 0.2) is 24.4 Å². The zero-order chi connectivity index (χ0) is 21.3. The summed E-state index contributed by atoms with van der Waals surface area (Å²) < 4.78 is 12.6. The van der Waals surface area contributed by atoms with Crippen LogP contribution in [0.5, 0.6) is 23.1 Å². The Kier molecular flexibility index (Phi) is 5.99. The van der Waals surface area contributed by atoms with E-state index in [1.807, 2.05) is 13.8 Å². The number of anilines is 1. The van der Waals surface area contributed by atoms with E-state index in [1.165, 1.54) is 6.20 Å². The Morgan fingerprint density at radius 2 is 2.00 bits per heavy atom. The Balaban J connectivity index is 1.64. The number of hydrogen-bond donors (Lipinski definition) is 2. The molecule has 0 bridgehead atoms. The highest BCUT2D eigenvalue weighted by Gasteiger charge is 2.29. The number of fused-ring (bicyclic) bond motifs is 2. The summed E-state index contributed by atoms with van der Waals surface area (Å²) in [7, 11) is 0. The van der Waals surface area contributed by atoms with E-state index in [4.69, 9.17) is 14.7 Å². The molecule has 8 heteroatoms. The fourth-order valence-electron chi connectivity index (χ4n) is 3.66. The molecule has 1 aliphatic heterocycles. The molecule has 0 radical (unpaired) electrons. The van der Waals surface area contributed by atoms with Crippen molar-refractivity contribution in [2.45, 2.75) is 55.5 Å². The number of amides is 1. The molecule has 1 aromatic heterocycles. The molecule has 0 atom stereocenters. The van der Waals surface area contributed by atoms with Gasteiger partial charge in [0.2, 0.25) is 5.75 Å². The largest absolute Gasteiger partial charge is 0.445 e. The summed E-state index contributed by atoms with van der Waals surface area (Å²) in [5, 5.41) is 15.6. The number of carbonyl (C=O) groups excluding carboxylic acids is 1. The average molecular weight is 518 g/mol. The molecule has 1 amide bonds. The SMILES string of the molecule is CC(C)Nc1c(C(=O)NC2CCC(I)CC2)cnc2c1Oc1ccc(C#N)cc1O2. The van der Waals surface area contributed by atoms with Gasteiger partial charge in [-0.25, -0.2) is 4.98 Å². The summed E-state index contributed by atoms with van der Waals surface area (Å²) in [6.45, 7) is 3.99. The first-order chi connectivity index (χ1) is 14.4. The van der Waals surface area contributed by atoms with Gasteiger partial charge in [-0.05, 0) is 51.7 Å². The van der Waals surface area contributed by atoms with E-state index >= 15 is 0 Å². The molecule has 30 heavy (non-hydrogen) atoms. The lowest BCUT2D eigenvalue weighted by molar-refractivity contribution is 0.0928. The highest BCUT2D eigenvalue weighted by molar-refractivity contribution is 14.1. The summed E-state index contributed by atoms with van der Waals surface area (Å²) in [5.41, 5.74) is 1.46. The second kappa shape index (κ2) is 8.68. The van der Waals surface area contributed by atoms with Gasteiger partial charge in [0, 0.05) is 28.3 Å². The molecule has 1 aliphatic carbocycles. The van der Waals surface area contributed by atoms with Crippen LogP contribution in [-0.4, -0.2) is 26.9 Å². The first kappa shape index (κ1) is 20.7. The highest BCUT2D eigenvalue weighted by Crippen LogP contribution is 2.49. The highest BCUT2D eigenvalue weighted by atomic mass is 127. The number of hydrogen-bond acceptors (Lipinski definition) is 6. The summed E-state index contributed by atoms with van der Waals surface area (Å²) in [6, 6.07) is 7.29. The number of nitrogens with one attached hydrogen (secondary N) is 2. The normalized spacial score (nSPS) is 19.6. The van der Waals surface area contributed by atoms with Gasteiger partial charge in [0.1, 0.15) is 0 Å². The van der Waals surface area contributed by atoms with Crippen molar-refractivity contribution in [2.24, 2.45) is 0 Å². The molecule has 0 spiro atoms. The second-order valence-corrected chi connectivity index (χ2v) is 9.64. The quantitative estimate of drug-likeness (QED) is 0.367. The van der Waals surface area contributed by atoms with Crippen molar-refractivity contribution in [2.75, 3.05) is 5.32 Å². The Hall–Kier alpha value is -2.54. The van der Waals surface area contributed by atoms with E-state index in [9.17, 15) is 4.79 Å². The third kappa shape index (κ3) is 4.31. The number of ether oxygens (including phenoxy) is 2. The fraction of sp³-hybridized carbons (Fsp3) is 0.409. The fourth-order valence-corrected chi connectivity index (χ4v) is 4.38. The van der Waals surface area contributed by atoms with Crippen LogP contribution in [0.4, 0.5) is 5.69 Å². The smallest absolute Gasteiger partial charge is 0.265 e. The van der Waals surface area contributed by atoms with Gasteiger partial charge in [-0.15, -0.1) is 0 Å². The molecular formula is C22H23IN4O3. The first-order valence-electron chi connectivity index (χ1n) is 10.1. The number of pyridine rings is 1. The number of nitriles is 1. The molecule has 156 valence electrons. The molecule has 7 nitrogen and oxygen atoms in total. The summed E-state index contributed by atoms with van der Waals surface area (Å²) in [5.74, 6) is 1.39. The zero-order valence-corrected chi connectivity index (χ0v) is 19.0. The molecule has 2 heterocycles. The van der Waals surface area contributed by atoms with Crippen LogP contribution < -0.4 is 20.1 Å². The van der Waals surface area contributed by atoms with Crippen molar-refractivity contribution in [1.29, 1.82) is 5.26 Å². The average Bonchev–Trinajstić information content (AvgIpc) is 2.73. The van der Waals surface area contributed by atoms with Crippen molar-refractivity contribution < 1.29 is 14.3 Å². The minimum Gasteiger partial charge on any atom is -0.445 e. The van der Waals surface area contributed by atoms with Crippen LogP contribution in [0.2, 0.25) is 0 Å². The minimum absolute atomic E-state index is 0.0727. The number of aromatic nitrogens is 1. The van der Waals surface area contributed by atoms with E-state index in [1.54, 1.807) is 18.2 Å². The van der Waals surface area contributed by atoms with Crippen LogP contribution >= 0.6 is 22.6 Å². The van der Waals surface area contributed by atoms with E-state index in [2.05, 4.69) is 44.3 Å². The Bertz CT molecular complexity index is 1010. The maximum atomic E-state index is 13.1. The molecule has 2 aromatic rings. The molecular weight excluding hydrogens is 495 g/mol. The maximum absolute atomic E-state index is 13.1.